The fourth-order valence-electron chi connectivity index (χ4n) is 2.09. The van der Waals surface area contributed by atoms with Crippen LogP contribution in [0.2, 0.25) is 0 Å². The number of likely N-dealkylation sites (tertiary alicyclic amines) is 1. The van der Waals surface area contributed by atoms with Crippen LogP contribution in [0, 0.1) is 11.3 Å². The summed E-state index contributed by atoms with van der Waals surface area (Å²) in [5, 5.41) is 12.2. The monoisotopic (exact) mass is 256 g/mol. The number of likely N-dealkylation sites (N-methyl/N-ethyl adjacent to an activating group) is 1. The number of β-amino-alcohol motifs (C(OH)–C–C–N with tert-alkyl or cyclic N) is 1. The molecule has 1 fully saturated rings. The lowest BCUT2D eigenvalue weighted by Crippen LogP contribution is -2.48. The van der Waals surface area contributed by atoms with Gasteiger partial charge in [0.1, 0.15) is 6.04 Å². The van der Waals surface area contributed by atoms with Crippen molar-refractivity contribution in [2.75, 3.05) is 13.6 Å². The van der Waals surface area contributed by atoms with E-state index in [1.54, 1.807) is 7.05 Å². The summed E-state index contributed by atoms with van der Waals surface area (Å²) in [6.45, 7) is 8.11. The van der Waals surface area contributed by atoms with Crippen LogP contribution in [0.25, 0.3) is 0 Å². The molecular weight excluding hydrogens is 232 g/mol. The topological polar surface area (TPSA) is 69.6 Å². The van der Waals surface area contributed by atoms with Crippen LogP contribution in [0.4, 0.5) is 0 Å². The van der Waals surface area contributed by atoms with Crippen LogP contribution in [0.15, 0.2) is 0 Å². The highest BCUT2D eigenvalue weighted by Crippen LogP contribution is 2.30. The van der Waals surface area contributed by atoms with Gasteiger partial charge in [-0.1, -0.05) is 27.7 Å². The number of nitrogens with zero attached hydrogens (tertiary/aromatic N) is 1. The van der Waals surface area contributed by atoms with Gasteiger partial charge >= 0.3 is 0 Å². The Bertz CT molecular complexity index is 336. The van der Waals surface area contributed by atoms with E-state index >= 15 is 0 Å². The number of aliphatic hydroxyl groups is 1. The SMILES string of the molecule is CNC(=O)[C@@H]1C[C@@H](O)CN1C(=O)[C@@H](C)C(C)(C)C. The fraction of sp³-hybridized carbons (Fsp3) is 0.846. The second-order valence-electron chi connectivity index (χ2n) is 6.10. The van der Waals surface area contributed by atoms with Gasteiger partial charge in [-0.15, -0.1) is 0 Å². The van der Waals surface area contributed by atoms with Gasteiger partial charge in [0.2, 0.25) is 11.8 Å². The van der Waals surface area contributed by atoms with E-state index in [-0.39, 0.29) is 29.7 Å². The fourth-order valence-corrected chi connectivity index (χ4v) is 2.09. The number of rotatable bonds is 2. The molecule has 0 spiro atoms. The van der Waals surface area contributed by atoms with E-state index in [1.807, 2.05) is 27.7 Å². The van der Waals surface area contributed by atoms with Crippen LogP contribution in [-0.2, 0) is 9.59 Å². The van der Waals surface area contributed by atoms with Crippen molar-refractivity contribution in [3.05, 3.63) is 0 Å². The third kappa shape index (κ3) is 3.02. The number of nitrogens with one attached hydrogen (secondary N) is 1. The molecule has 1 aliphatic rings. The molecule has 0 aromatic heterocycles. The quantitative estimate of drug-likeness (QED) is 0.750. The first-order valence-corrected chi connectivity index (χ1v) is 6.38. The normalized spacial score (nSPS) is 26.0. The molecule has 3 atom stereocenters. The molecule has 0 aliphatic carbocycles. The number of amides is 2. The molecule has 18 heavy (non-hydrogen) atoms. The smallest absolute Gasteiger partial charge is 0.242 e. The predicted octanol–water partition coefficient (Wildman–Crippen LogP) is 0.376. The summed E-state index contributed by atoms with van der Waals surface area (Å²) < 4.78 is 0. The van der Waals surface area contributed by atoms with Gasteiger partial charge in [-0.25, -0.2) is 0 Å². The van der Waals surface area contributed by atoms with Crippen LogP contribution in [0.1, 0.15) is 34.1 Å². The van der Waals surface area contributed by atoms with Crippen molar-refractivity contribution in [1.82, 2.24) is 10.2 Å². The van der Waals surface area contributed by atoms with Gasteiger partial charge < -0.3 is 15.3 Å². The zero-order chi connectivity index (χ0) is 14.1. The summed E-state index contributed by atoms with van der Waals surface area (Å²) in [4.78, 5) is 25.6. The first kappa shape index (κ1) is 15.0. The minimum atomic E-state index is -0.608. The van der Waals surface area contributed by atoms with E-state index in [2.05, 4.69) is 5.32 Å². The second-order valence-corrected chi connectivity index (χ2v) is 6.10. The van der Waals surface area contributed by atoms with Crippen molar-refractivity contribution in [2.24, 2.45) is 11.3 Å². The lowest BCUT2D eigenvalue weighted by molar-refractivity contribution is -0.143. The van der Waals surface area contributed by atoms with Gasteiger partial charge in [0.15, 0.2) is 0 Å². The van der Waals surface area contributed by atoms with Crippen LogP contribution >= 0.6 is 0 Å². The van der Waals surface area contributed by atoms with Gasteiger partial charge in [0.25, 0.3) is 0 Å². The molecule has 0 aromatic rings. The van der Waals surface area contributed by atoms with Crippen LogP contribution in [0.3, 0.4) is 0 Å². The highest BCUT2D eigenvalue weighted by atomic mass is 16.3. The molecule has 2 amide bonds. The van der Waals surface area contributed by atoms with Gasteiger partial charge in [0.05, 0.1) is 6.10 Å². The van der Waals surface area contributed by atoms with Crippen molar-refractivity contribution in [1.29, 1.82) is 0 Å². The lowest BCUT2D eigenvalue weighted by atomic mass is 9.81. The number of carbonyl (C=O) groups is 2. The summed E-state index contributed by atoms with van der Waals surface area (Å²) in [6, 6.07) is -0.540. The Labute approximate surface area is 109 Å². The summed E-state index contributed by atoms with van der Waals surface area (Å²) >= 11 is 0. The Hall–Kier alpha value is -1.10. The summed E-state index contributed by atoms with van der Waals surface area (Å²) in [6.07, 6.45) is -0.286. The van der Waals surface area contributed by atoms with Crippen molar-refractivity contribution >= 4 is 11.8 Å². The summed E-state index contributed by atoms with van der Waals surface area (Å²) in [7, 11) is 1.54. The number of hydrogen-bond acceptors (Lipinski definition) is 3. The molecule has 0 saturated carbocycles. The highest BCUT2D eigenvalue weighted by molar-refractivity contribution is 5.89. The Kier molecular flexibility index (Phi) is 4.37. The minimum absolute atomic E-state index is 0.0624. The molecule has 0 radical (unpaired) electrons. The zero-order valence-electron chi connectivity index (χ0n) is 11.9. The Balaban J connectivity index is 2.86. The van der Waals surface area contributed by atoms with Gasteiger partial charge in [-0.3, -0.25) is 9.59 Å². The van der Waals surface area contributed by atoms with Gasteiger partial charge in [-0.2, -0.15) is 0 Å². The third-order valence-corrected chi connectivity index (χ3v) is 3.78. The number of aliphatic hydroxyl groups excluding tert-OH is 1. The zero-order valence-corrected chi connectivity index (χ0v) is 11.9. The maximum Gasteiger partial charge on any atom is 0.242 e. The van der Waals surface area contributed by atoms with E-state index < -0.39 is 12.1 Å². The molecular formula is C13H24N2O3. The molecule has 104 valence electrons. The number of carbonyl (C=O) groups excluding carboxylic acids is 2. The van der Waals surface area contributed by atoms with Crippen molar-refractivity contribution in [3.63, 3.8) is 0 Å². The largest absolute Gasteiger partial charge is 0.391 e. The summed E-state index contributed by atoms with van der Waals surface area (Å²) in [5.41, 5.74) is -0.155. The Morgan fingerprint density at radius 2 is 1.94 bits per heavy atom. The van der Waals surface area contributed by atoms with E-state index in [0.717, 1.165) is 0 Å². The van der Waals surface area contributed by atoms with Crippen LogP contribution in [0.5, 0.6) is 0 Å². The Morgan fingerprint density at radius 1 is 1.39 bits per heavy atom. The third-order valence-electron chi connectivity index (χ3n) is 3.78. The number of hydrogen-bond donors (Lipinski definition) is 2. The van der Waals surface area contributed by atoms with Crippen molar-refractivity contribution in [2.45, 2.75) is 46.3 Å². The molecule has 1 heterocycles. The van der Waals surface area contributed by atoms with E-state index in [4.69, 9.17) is 0 Å². The molecule has 2 N–H and O–H groups in total. The van der Waals surface area contributed by atoms with E-state index in [0.29, 0.717) is 6.42 Å². The van der Waals surface area contributed by atoms with Crippen molar-refractivity contribution in [3.8, 4) is 0 Å². The average molecular weight is 256 g/mol. The molecule has 1 aliphatic heterocycles. The lowest BCUT2D eigenvalue weighted by Gasteiger charge is -2.32. The van der Waals surface area contributed by atoms with Crippen LogP contribution < -0.4 is 5.32 Å². The minimum Gasteiger partial charge on any atom is -0.391 e. The summed E-state index contributed by atoms with van der Waals surface area (Å²) in [5.74, 6) is -0.455. The molecule has 5 heteroatoms. The highest BCUT2D eigenvalue weighted by Gasteiger charge is 2.41. The molecule has 0 bridgehead atoms. The molecule has 0 aromatic carbocycles. The Morgan fingerprint density at radius 3 is 2.39 bits per heavy atom. The van der Waals surface area contributed by atoms with Crippen molar-refractivity contribution < 1.29 is 14.7 Å². The maximum absolute atomic E-state index is 12.4. The van der Waals surface area contributed by atoms with E-state index in [9.17, 15) is 14.7 Å². The van der Waals surface area contributed by atoms with Gasteiger partial charge in [0, 0.05) is 25.9 Å². The average Bonchev–Trinajstić information content (AvgIpc) is 2.67. The molecule has 1 saturated heterocycles. The predicted molar refractivity (Wildman–Crippen MR) is 68.8 cm³/mol. The maximum atomic E-state index is 12.4. The van der Waals surface area contributed by atoms with Crippen LogP contribution in [-0.4, -0.2) is 47.6 Å². The van der Waals surface area contributed by atoms with E-state index in [1.165, 1.54) is 4.90 Å². The van der Waals surface area contributed by atoms with Gasteiger partial charge in [-0.05, 0) is 5.41 Å². The second kappa shape index (κ2) is 5.26. The molecule has 1 rings (SSSR count). The molecule has 0 unspecified atom stereocenters. The first-order valence-electron chi connectivity index (χ1n) is 6.38. The molecule has 5 nitrogen and oxygen atoms in total. The first-order chi connectivity index (χ1) is 8.18. The standard InChI is InChI=1S/C13H24N2O3/c1-8(13(2,3)4)12(18)15-7-9(16)6-10(15)11(17)14-5/h8-10,16H,6-7H2,1-5H3,(H,14,17)/t8-,9-,10+/m1/s1.